The van der Waals surface area contributed by atoms with Crippen LogP contribution >= 0.6 is 24.0 Å². The molecule has 1 aliphatic rings. The number of nitrogens with zero attached hydrogens (tertiary/aromatic N) is 2. The lowest BCUT2D eigenvalue weighted by atomic mass is 10.0. The second-order valence-corrected chi connectivity index (χ2v) is 10.0. The molecular weight excluding hydrogens is 504 g/mol. The van der Waals surface area contributed by atoms with Crippen molar-refractivity contribution in [3.05, 3.63) is 102 Å². The van der Waals surface area contributed by atoms with Crippen LogP contribution in [0.5, 0.6) is 0 Å². The van der Waals surface area contributed by atoms with Gasteiger partial charge in [0, 0.05) is 29.6 Å². The molecule has 2 aromatic carbocycles. The van der Waals surface area contributed by atoms with Crippen LogP contribution in [0.3, 0.4) is 0 Å². The number of nitrogens with one attached hydrogen (secondary N) is 2. The fourth-order valence-electron chi connectivity index (χ4n) is 4.33. The molecule has 9 heteroatoms. The molecule has 0 bridgehead atoms. The van der Waals surface area contributed by atoms with Crippen molar-refractivity contribution in [2.45, 2.75) is 29.0 Å². The molecule has 0 unspecified atom stereocenters. The zero-order chi connectivity index (χ0) is 25.8. The molecule has 2 aromatic heterocycles. The highest BCUT2D eigenvalue weighted by Gasteiger charge is 2.42. The number of pyridine rings is 1. The fraction of sp³-hybridized carbons (Fsp3) is 0.179. The normalized spacial score (nSPS) is 17.0. The lowest BCUT2D eigenvalue weighted by Gasteiger charge is -2.26. The van der Waals surface area contributed by atoms with Gasteiger partial charge in [-0.25, -0.2) is 0 Å². The number of anilines is 2. The number of hydrogen-bond donors (Lipinski definition) is 2. The molecule has 0 spiro atoms. The number of benzene rings is 2. The van der Waals surface area contributed by atoms with Crippen molar-refractivity contribution < 1.29 is 13.9 Å². The van der Waals surface area contributed by atoms with E-state index in [0.717, 1.165) is 38.4 Å². The van der Waals surface area contributed by atoms with Gasteiger partial charge in [-0.1, -0.05) is 36.0 Å². The Morgan fingerprint density at radius 3 is 2.68 bits per heavy atom. The third-order valence-electron chi connectivity index (χ3n) is 5.99. The highest BCUT2D eigenvalue weighted by Crippen LogP contribution is 2.44. The van der Waals surface area contributed by atoms with E-state index in [1.807, 2.05) is 73.7 Å². The van der Waals surface area contributed by atoms with Gasteiger partial charge < -0.3 is 24.7 Å². The summed E-state index contributed by atoms with van der Waals surface area (Å²) in [7, 11) is 1.49. The van der Waals surface area contributed by atoms with E-state index >= 15 is 0 Å². The van der Waals surface area contributed by atoms with Gasteiger partial charge in [-0.05, 0) is 79.3 Å². The summed E-state index contributed by atoms with van der Waals surface area (Å²) < 4.78 is 11.3. The van der Waals surface area contributed by atoms with Crippen molar-refractivity contribution in [3.63, 3.8) is 0 Å². The number of carbonyl (C=O) groups excluding carboxylic acids is 1. The molecule has 1 fully saturated rings. The first-order valence-corrected chi connectivity index (χ1v) is 13.0. The van der Waals surface area contributed by atoms with E-state index in [1.54, 1.807) is 18.0 Å². The Labute approximate surface area is 225 Å². The molecule has 0 saturated carbocycles. The number of methoxy groups -OCH3 is 1. The summed E-state index contributed by atoms with van der Waals surface area (Å²) in [6.07, 6.45) is 1.78. The van der Waals surface area contributed by atoms with Crippen molar-refractivity contribution in [1.29, 1.82) is 0 Å². The van der Waals surface area contributed by atoms with Crippen LogP contribution in [0.25, 0.3) is 0 Å². The molecule has 4 aromatic rings. The Bertz CT molecular complexity index is 1400. The average Bonchev–Trinajstić information content (AvgIpc) is 3.50. The molecule has 1 saturated heterocycles. The van der Waals surface area contributed by atoms with Crippen molar-refractivity contribution in [2.24, 2.45) is 0 Å². The minimum absolute atomic E-state index is 0.00300. The summed E-state index contributed by atoms with van der Waals surface area (Å²) in [5.74, 6) is 0.570. The topological polar surface area (TPSA) is 79.6 Å². The predicted molar refractivity (Wildman–Crippen MR) is 149 cm³/mol. The first-order chi connectivity index (χ1) is 18.0. The largest absolute Gasteiger partial charge is 0.452 e. The van der Waals surface area contributed by atoms with Gasteiger partial charge in [0.25, 0.3) is 0 Å². The standard InChI is InChI=1S/C28H26N4O3S2/c1-18-16-19(11-12-21(18)30-24(33)17-34-2)32-27(26(31-28(32)36)22-10-6-7-15-29-22)23-13-14-25(35-23)37-20-8-4-3-5-9-20/h3-16,26-27H,17H2,1-2H3,(H,30,33)(H,31,36)/t26-,27+/m0/s1. The SMILES string of the molecule is COCC(=O)Nc1ccc(N2C(=S)N[C@@H](c3ccccn3)[C@H]2c2ccc(Sc3ccccc3)o2)cc1C. The van der Waals surface area contributed by atoms with Crippen LogP contribution in [0.1, 0.15) is 29.1 Å². The van der Waals surface area contributed by atoms with Crippen LogP contribution in [0.2, 0.25) is 0 Å². The van der Waals surface area contributed by atoms with Gasteiger partial charge >= 0.3 is 0 Å². The maximum Gasteiger partial charge on any atom is 0.250 e. The number of amides is 1. The van der Waals surface area contributed by atoms with E-state index < -0.39 is 0 Å². The van der Waals surface area contributed by atoms with E-state index in [4.69, 9.17) is 21.4 Å². The monoisotopic (exact) mass is 530 g/mol. The van der Waals surface area contributed by atoms with Gasteiger partial charge in [-0.15, -0.1) is 0 Å². The van der Waals surface area contributed by atoms with Crippen LogP contribution in [-0.4, -0.2) is 29.7 Å². The van der Waals surface area contributed by atoms with E-state index in [2.05, 4.69) is 32.7 Å². The molecular formula is C28H26N4O3S2. The molecule has 1 amide bonds. The van der Waals surface area contributed by atoms with E-state index in [0.29, 0.717) is 5.11 Å². The molecule has 2 atom stereocenters. The summed E-state index contributed by atoms with van der Waals surface area (Å²) in [4.78, 5) is 19.8. The van der Waals surface area contributed by atoms with Gasteiger partial charge in [0.2, 0.25) is 5.91 Å². The van der Waals surface area contributed by atoms with Crippen LogP contribution in [0.15, 0.2) is 99.5 Å². The number of ether oxygens (including phenoxy) is 1. The molecule has 7 nitrogen and oxygen atoms in total. The van der Waals surface area contributed by atoms with Crippen molar-refractivity contribution in [2.75, 3.05) is 23.9 Å². The lowest BCUT2D eigenvalue weighted by molar-refractivity contribution is -0.119. The average molecular weight is 531 g/mol. The Morgan fingerprint density at radius 2 is 1.95 bits per heavy atom. The number of furan rings is 1. The Hall–Kier alpha value is -3.66. The van der Waals surface area contributed by atoms with Gasteiger partial charge in [-0.3, -0.25) is 9.78 Å². The summed E-state index contributed by atoms with van der Waals surface area (Å²) in [5, 5.41) is 7.70. The van der Waals surface area contributed by atoms with Crippen LogP contribution in [0.4, 0.5) is 11.4 Å². The van der Waals surface area contributed by atoms with Gasteiger partial charge in [0.1, 0.15) is 18.4 Å². The van der Waals surface area contributed by atoms with E-state index in [1.165, 1.54) is 7.11 Å². The molecule has 3 heterocycles. The summed E-state index contributed by atoms with van der Waals surface area (Å²) >= 11 is 7.39. The van der Waals surface area contributed by atoms with Crippen molar-refractivity contribution >= 4 is 46.4 Å². The molecule has 0 aliphatic carbocycles. The molecule has 2 N–H and O–H groups in total. The summed E-state index contributed by atoms with van der Waals surface area (Å²) in [5.41, 5.74) is 3.38. The zero-order valence-electron chi connectivity index (χ0n) is 20.4. The lowest BCUT2D eigenvalue weighted by Crippen LogP contribution is -2.29. The maximum absolute atomic E-state index is 12.0. The van der Waals surface area contributed by atoms with Crippen LogP contribution < -0.4 is 15.5 Å². The highest BCUT2D eigenvalue weighted by atomic mass is 32.2. The Balaban J connectivity index is 1.49. The quantitative estimate of drug-likeness (QED) is 0.273. The fourth-order valence-corrected chi connectivity index (χ4v) is 5.48. The van der Waals surface area contributed by atoms with E-state index in [9.17, 15) is 4.79 Å². The third kappa shape index (κ3) is 5.53. The number of aryl methyl sites for hydroxylation is 1. The smallest absolute Gasteiger partial charge is 0.250 e. The van der Waals surface area contributed by atoms with Crippen molar-refractivity contribution in [3.8, 4) is 0 Å². The number of rotatable bonds is 8. The van der Waals surface area contributed by atoms with Gasteiger partial charge in [0.15, 0.2) is 10.2 Å². The minimum Gasteiger partial charge on any atom is -0.452 e. The number of aromatic nitrogens is 1. The maximum atomic E-state index is 12.0. The number of hydrogen-bond acceptors (Lipinski definition) is 6. The second kappa shape index (κ2) is 11.2. The molecule has 5 rings (SSSR count). The third-order valence-corrected chi connectivity index (χ3v) is 7.23. The van der Waals surface area contributed by atoms with E-state index in [-0.39, 0.29) is 24.6 Å². The molecule has 1 aliphatic heterocycles. The van der Waals surface area contributed by atoms with Gasteiger partial charge in [0.05, 0.1) is 11.7 Å². The van der Waals surface area contributed by atoms with Crippen molar-refractivity contribution in [1.82, 2.24) is 10.3 Å². The van der Waals surface area contributed by atoms with Crippen LogP contribution in [-0.2, 0) is 9.53 Å². The number of carbonyl (C=O) groups is 1. The predicted octanol–water partition coefficient (Wildman–Crippen LogP) is 5.90. The zero-order valence-corrected chi connectivity index (χ0v) is 22.0. The highest BCUT2D eigenvalue weighted by molar-refractivity contribution is 7.99. The summed E-state index contributed by atoms with van der Waals surface area (Å²) in [6, 6.07) is 25.3. The molecule has 37 heavy (non-hydrogen) atoms. The minimum atomic E-state index is -0.263. The van der Waals surface area contributed by atoms with Gasteiger partial charge in [-0.2, -0.15) is 0 Å². The first-order valence-electron chi connectivity index (χ1n) is 11.8. The van der Waals surface area contributed by atoms with Crippen LogP contribution in [0, 0.1) is 6.92 Å². The molecule has 188 valence electrons. The second-order valence-electron chi connectivity index (χ2n) is 8.55. The molecule has 0 radical (unpaired) electrons. The Kier molecular flexibility index (Phi) is 7.55. The Morgan fingerprint density at radius 1 is 1.14 bits per heavy atom. The number of thiocarbonyl (C=S) groups is 1. The first kappa shape index (κ1) is 25.0. The summed E-state index contributed by atoms with van der Waals surface area (Å²) in [6.45, 7) is 1.95.